The molecule has 0 saturated carbocycles. The molecule has 0 aliphatic carbocycles. The van der Waals surface area contributed by atoms with Crippen LogP contribution in [0.15, 0.2) is 39.3 Å². The van der Waals surface area contributed by atoms with Gasteiger partial charge in [-0.25, -0.2) is 9.18 Å². The van der Waals surface area contributed by atoms with E-state index in [2.05, 4.69) is 42.5 Å². The molecule has 0 heterocycles. The van der Waals surface area contributed by atoms with Crippen LogP contribution in [0.2, 0.25) is 5.02 Å². The predicted molar refractivity (Wildman–Crippen MR) is 91.8 cm³/mol. The highest BCUT2D eigenvalue weighted by Crippen LogP contribution is 2.30. The molecular weight excluding hydrogens is 442 g/mol. The fourth-order valence-electron chi connectivity index (χ4n) is 1.79. The summed E-state index contributed by atoms with van der Waals surface area (Å²) in [7, 11) is 0. The predicted octanol–water partition coefficient (Wildman–Crippen LogP) is 5.14. The molecule has 0 atom stereocenters. The van der Waals surface area contributed by atoms with Gasteiger partial charge in [0.05, 0.1) is 12.3 Å². The molecule has 2 aromatic rings. The lowest BCUT2D eigenvalue weighted by molar-refractivity contribution is 0.262. The molecule has 0 unspecified atom stereocenters. The SMILES string of the molecule is O=C(Nc1cc(F)cc(Cl)c1)Nc1cc(Br)cc(Br)c1CO. The number of halogens is 4. The largest absolute Gasteiger partial charge is 0.392 e. The quantitative estimate of drug-likeness (QED) is 0.604. The van der Waals surface area contributed by atoms with E-state index in [0.717, 1.165) is 16.6 Å². The Morgan fingerprint density at radius 1 is 1.18 bits per heavy atom. The molecule has 3 N–H and O–H groups in total. The summed E-state index contributed by atoms with van der Waals surface area (Å²) in [6.45, 7) is -0.255. The van der Waals surface area contributed by atoms with Gasteiger partial charge in [0.25, 0.3) is 0 Å². The first-order valence-electron chi connectivity index (χ1n) is 6.02. The van der Waals surface area contributed by atoms with Gasteiger partial charge in [0.2, 0.25) is 0 Å². The van der Waals surface area contributed by atoms with E-state index in [-0.39, 0.29) is 17.3 Å². The van der Waals surface area contributed by atoms with Gasteiger partial charge in [0, 0.05) is 25.2 Å². The summed E-state index contributed by atoms with van der Waals surface area (Å²) in [5, 5.41) is 14.6. The average molecular weight is 453 g/mol. The minimum absolute atomic E-state index is 0.177. The summed E-state index contributed by atoms with van der Waals surface area (Å²) in [5.74, 6) is -0.552. The summed E-state index contributed by atoms with van der Waals surface area (Å²) in [4.78, 5) is 12.0. The van der Waals surface area contributed by atoms with E-state index in [9.17, 15) is 14.3 Å². The van der Waals surface area contributed by atoms with Crippen LogP contribution in [0, 0.1) is 5.82 Å². The van der Waals surface area contributed by atoms with E-state index in [0.29, 0.717) is 15.7 Å². The lowest BCUT2D eigenvalue weighted by atomic mass is 10.2. The minimum atomic E-state index is -0.582. The second-order valence-corrected chi connectivity index (χ2v) is 6.52. The molecule has 2 rings (SSSR count). The van der Waals surface area contributed by atoms with Gasteiger partial charge in [-0.3, -0.25) is 0 Å². The van der Waals surface area contributed by atoms with Gasteiger partial charge in [-0.1, -0.05) is 43.5 Å². The Morgan fingerprint density at radius 2 is 1.91 bits per heavy atom. The van der Waals surface area contributed by atoms with E-state index >= 15 is 0 Å². The third kappa shape index (κ3) is 4.42. The summed E-state index contributed by atoms with van der Waals surface area (Å²) in [5.41, 5.74) is 1.17. The Morgan fingerprint density at radius 3 is 2.55 bits per heavy atom. The van der Waals surface area contributed by atoms with Crippen molar-refractivity contribution >= 4 is 60.9 Å². The lowest BCUT2D eigenvalue weighted by Crippen LogP contribution is -2.20. The van der Waals surface area contributed by atoms with Crippen molar-refractivity contribution in [1.29, 1.82) is 0 Å². The molecule has 0 fully saturated rings. The van der Waals surface area contributed by atoms with Crippen LogP contribution in [0.5, 0.6) is 0 Å². The Hall–Kier alpha value is -1.15. The molecule has 0 aromatic heterocycles. The van der Waals surface area contributed by atoms with Crippen molar-refractivity contribution in [1.82, 2.24) is 0 Å². The van der Waals surface area contributed by atoms with Crippen molar-refractivity contribution in [2.45, 2.75) is 6.61 Å². The topological polar surface area (TPSA) is 61.4 Å². The van der Waals surface area contributed by atoms with Crippen LogP contribution >= 0.6 is 43.5 Å². The molecular formula is C14H10Br2ClFN2O2. The van der Waals surface area contributed by atoms with Gasteiger partial charge in [-0.2, -0.15) is 0 Å². The Bertz CT molecular complexity index is 708. The number of hydrogen-bond acceptors (Lipinski definition) is 2. The van der Waals surface area contributed by atoms with Crippen molar-refractivity contribution in [3.8, 4) is 0 Å². The molecule has 8 heteroatoms. The number of urea groups is 1. The van der Waals surface area contributed by atoms with E-state index in [1.54, 1.807) is 12.1 Å². The van der Waals surface area contributed by atoms with Gasteiger partial charge in [-0.05, 0) is 30.3 Å². The number of carbonyl (C=O) groups excluding carboxylic acids is 1. The second kappa shape index (κ2) is 7.41. The van der Waals surface area contributed by atoms with E-state index in [4.69, 9.17) is 11.6 Å². The molecule has 0 bridgehead atoms. The van der Waals surface area contributed by atoms with E-state index in [1.165, 1.54) is 6.07 Å². The van der Waals surface area contributed by atoms with Crippen LogP contribution in [0.3, 0.4) is 0 Å². The average Bonchev–Trinajstić information content (AvgIpc) is 2.36. The number of nitrogens with one attached hydrogen (secondary N) is 2. The van der Waals surface area contributed by atoms with Crippen LogP contribution in [0.25, 0.3) is 0 Å². The lowest BCUT2D eigenvalue weighted by Gasteiger charge is -2.13. The summed E-state index contributed by atoms with van der Waals surface area (Å²) in [6, 6.07) is 6.53. The number of hydrogen-bond donors (Lipinski definition) is 3. The van der Waals surface area contributed by atoms with Gasteiger partial charge in [-0.15, -0.1) is 0 Å². The first-order chi connectivity index (χ1) is 10.4. The third-order valence-corrected chi connectivity index (χ3v) is 4.07. The Kier molecular flexibility index (Phi) is 5.80. The maximum absolute atomic E-state index is 13.2. The monoisotopic (exact) mass is 450 g/mol. The number of anilines is 2. The van der Waals surface area contributed by atoms with Crippen LogP contribution in [0.1, 0.15) is 5.56 Å². The van der Waals surface area contributed by atoms with Crippen molar-refractivity contribution in [2.75, 3.05) is 10.6 Å². The number of amides is 2. The third-order valence-electron chi connectivity index (χ3n) is 2.69. The van der Waals surface area contributed by atoms with Crippen LogP contribution in [-0.4, -0.2) is 11.1 Å². The maximum atomic E-state index is 13.2. The molecule has 2 amide bonds. The number of aliphatic hydroxyl groups is 1. The first kappa shape index (κ1) is 17.2. The van der Waals surface area contributed by atoms with Crippen molar-refractivity contribution in [2.24, 2.45) is 0 Å². The summed E-state index contributed by atoms with van der Waals surface area (Å²) in [6.07, 6.45) is 0. The van der Waals surface area contributed by atoms with E-state index in [1.807, 2.05) is 0 Å². The molecule has 2 aromatic carbocycles. The zero-order valence-electron chi connectivity index (χ0n) is 11.0. The Labute approximate surface area is 147 Å². The molecule has 0 aliphatic rings. The Balaban J connectivity index is 2.19. The highest BCUT2D eigenvalue weighted by Gasteiger charge is 2.11. The fourth-order valence-corrected chi connectivity index (χ4v) is 3.36. The van der Waals surface area contributed by atoms with Crippen LogP contribution in [-0.2, 0) is 6.61 Å². The number of aliphatic hydroxyl groups excluding tert-OH is 1. The van der Waals surface area contributed by atoms with E-state index < -0.39 is 11.8 Å². The second-order valence-electron chi connectivity index (χ2n) is 4.31. The molecule has 22 heavy (non-hydrogen) atoms. The number of carbonyl (C=O) groups is 1. The van der Waals surface area contributed by atoms with Gasteiger partial charge >= 0.3 is 6.03 Å². The van der Waals surface area contributed by atoms with Crippen molar-refractivity contribution in [3.05, 3.63) is 55.7 Å². The van der Waals surface area contributed by atoms with Gasteiger partial charge in [0.15, 0.2) is 0 Å². The number of rotatable bonds is 3. The van der Waals surface area contributed by atoms with Gasteiger partial charge in [0.1, 0.15) is 5.82 Å². The molecule has 0 aliphatic heterocycles. The highest BCUT2D eigenvalue weighted by atomic mass is 79.9. The summed E-state index contributed by atoms with van der Waals surface area (Å²) >= 11 is 12.3. The van der Waals surface area contributed by atoms with Crippen LogP contribution < -0.4 is 10.6 Å². The summed E-state index contributed by atoms with van der Waals surface area (Å²) < 4.78 is 14.6. The zero-order chi connectivity index (χ0) is 16.3. The maximum Gasteiger partial charge on any atom is 0.323 e. The molecule has 0 saturated heterocycles. The standard InChI is InChI=1S/C14H10Br2ClFN2O2/c15-7-1-12(16)11(6-21)13(2-7)20-14(22)19-10-4-8(17)3-9(18)5-10/h1-5,21H,6H2,(H2,19,20,22). The first-order valence-corrected chi connectivity index (χ1v) is 7.98. The van der Waals surface area contributed by atoms with Crippen molar-refractivity contribution < 1.29 is 14.3 Å². The van der Waals surface area contributed by atoms with Crippen LogP contribution in [0.4, 0.5) is 20.6 Å². The fraction of sp³-hybridized carbons (Fsp3) is 0.0714. The number of benzene rings is 2. The minimum Gasteiger partial charge on any atom is -0.392 e. The normalized spacial score (nSPS) is 10.4. The smallest absolute Gasteiger partial charge is 0.323 e. The molecule has 0 spiro atoms. The molecule has 0 radical (unpaired) electrons. The zero-order valence-corrected chi connectivity index (χ0v) is 14.9. The van der Waals surface area contributed by atoms with Gasteiger partial charge < -0.3 is 15.7 Å². The highest BCUT2D eigenvalue weighted by molar-refractivity contribution is 9.11. The molecule has 4 nitrogen and oxygen atoms in total. The van der Waals surface area contributed by atoms with Crippen molar-refractivity contribution in [3.63, 3.8) is 0 Å². The molecule has 116 valence electrons.